The fraction of sp³-hybridized carbons (Fsp3) is 0.429. The van der Waals surface area contributed by atoms with Crippen molar-refractivity contribution in [2.75, 3.05) is 7.11 Å². The largest absolute Gasteiger partial charge is 0.478 e. The molecule has 0 radical (unpaired) electrons. The number of benzene rings is 1. The highest BCUT2D eigenvalue weighted by atomic mass is 16.5. The van der Waals surface area contributed by atoms with Gasteiger partial charge in [-0.25, -0.2) is 9.78 Å². The van der Waals surface area contributed by atoms with Crippen molar-refractivity contribution in [2.45, 2.75) is 31.4 Å². The van der Waals surface area contributed by atoms with E-state index in [9.17, 15) is 9.90 Å². The van der Waals surface area contributed by atoms with Gasteiger partial charge in [-0.2, -0.15) is 0 Å². The first-order valence-electron chi connectivity index (χ1n) is 6.44. The number of imidazole rings is 1. The van der Waals surface area contributed by atoms with Gasteiger partial charge < -0.3 is 14.4 Å². The zero-order chi connectivity index (χ0) is 13.4. The Morgan fingerprint density at radius 2 is 2.32 bits per heavy atom. The molecule has 0 bridgehead atoms. The van der Waals surface area contributed by atoms with Crippen LogP contribution in [-0.2, 0) is 4.74 Å². The average Bonchev–Trinajstić information content (AvgIpc) is 3.03. The minimum Gasteiger partial charge on any atom is -0.478 e. The van der Waals surface area contributed by atoms with E-state index in [-0.39, 0.29) is 12.1 Å². The second-order valence-corrected chi connectivity index (χ2v) is 4.90. The molecule has 2 unspecified atom stereocenters. The Morgan fingerprint density at radius 1 is 1.47 bits per heavy atom. The molecule has 0 aliphatic heterocycles. The summed E-state index contributed by atoms with van der Waals surface area (Å²) in [7, 11) is 1.71. The fourth-order valence-electron chi connectivity index (χ4n) is 3.01. The van der Waals surface area contributed by atoms with Crippen molar-refractivity contribution in [3.63, 3.8) is 0 Å². The molecule has 19 heavy (non-hydrogen) atoms. The third-order valence-electron chi connectivity index (χ3n) is 3.90. The molecular weight excluding hydrogens is 244 g/mol. The summed E-state index contributed by atoms with van der Waals surface area (Å²) in [5.41, 5.74) is 1.72. The van der Waals surface area contributed by atoms with Crippen molar-refractivity contribution in [3.8, 4) is 0 Å². The lowest BCUT2D eigenvalue weighted by Crippen LogP contribution is -2.20. The van der Waals surface area contributed by atoms with Gasteiger partial charge in [-0.05, 0) is 31.4 Å². The van der Waals surface area contributed by atoms with E-state index in [4.69, 9.17) is 4.74 Å². The Bertz CT molecular complexity index is 620. The standard InChI is InChI=1S/C14H16N2O3/c1-19-12-7-3-6-11(12)16-8-15-10-5-2-4-9(13(10)16)14(17)18/h2,4-5,8,11-12H,3,6-7H2,1H3,(H,17,18). The predicted octanol–water partition coefficient (Wildman–Crippen LogP) is 2.47. The second-order valence-electron chi connectivity index (χ2n) is 4.90. The van der Waals surface area contributed by atoms with Crippen molar-refractivity contribution >= 4 is 17.0 Å². The first-order valence-corrected chi connectivity index (χ1v) is 6.44. The summed E-state index contributed by atoms with van der Waals surface area (Å²) >= 11 is 0. The van der Waals surface area contributed by atoms with Crippen molar-refractivity contribution < 1.29 is 14.6 Å². The predicted molar refractivity (Wildman–Crippen MR) is 70.4 cm³/mol. The maximum absolute atomic E-state index is 11.4. The summed E-state index contributed by atoms with van der Waals surface area (Å²) in [5.74, 6) is -0.917. The van der Waals surface area contributed by atoms with Crippen LogP contribution in [0.15, 0.2) is 24.5 Å². The number of hydrogen-bond acceptors (Lipinski definition) is 3. The lowest BCUT2D eigenvalue weighted by molar-refractivity contribution is 0.0693. The third kappa shape index (κ3) is 1.90. The number of aromatic nitrogens is 2. The van der Waals surface area contributed by atoms with Crippen molar-refractivity contribution in [1.29, 1.82) is 0 Å². The van der Waals surface area contributed by atoms with E-state index in [0.29, 0.717) is 11.1 Å². The van der Waals surface area contributed by atoms with Gasteiger partial charge in [0.1, 0.15) is 0 Å². The quantitative estimate of drug-likeness (QED) is 0.920. The van der Waals surface area contributed by atoms with Crippen LogP contribution in [0.25, 0.3) is 11.0 Å². The summed E-state index contributed by atoms with van der Waals surface area (Å²) in [4.78, 5) is 15.7. The van der Waals surface area contributed by atoms with E-state index >= 15 is 0 Å². The minimum atomic E-state index is -0.917. The zero-order valence-electron chi connectivity index (χ0n) is 10.7. The normalized spacial score (nSPS) is 23.0. The maximum atomic E-state index is 11.4. The molecule has 0 saturated heterocycles. The summed E-state index contributed by atoms with van der Waals surface area (Å²) in [6, 6.07) is 5.37. The van der Waals surface area contributed by atoms with Crippen LogP contribution < -0.4 is 0 Å². The van der Waals surface area contributed by atoms with Crippen LogP contribution in [0.3, 0.4) is 0 Å². The number of para-hydroxylation sites is 1. The highest BCUT2D eigenvalue weighted by Gasteiger charge is 2.30. The monoisotopic (exact) mass is 260 g/mol. The Kier molecular flexibility index (Phi) is 2.98. The van der Waals surface area contributed by atoms with Gasteiger partial charge in [0.05, 0.1) is 35.1 Å². The van der Waals surface area contributed by atoms with E-state index in [0.717, 1.165) is 24.8 Å². The highest BCUT2D eigenvalue weighted by Crippen LogP contribution is 2.35. The van der Waals surface area contributed by atoms with Crippen LogP contribution >= 0.6 is 0 Å². The molecule has 2 atom stereocenters. The lowest BCUT2D eigenvalue weighted by atomic mass is 10.1. The molecule has 1 aromatic heterocycles. The number of carbonyl (C=O) groups is 1. The van der Waals surface area contributed by atoms with Gasteiger partial charge in [-0.1, -0.05) is 6.07 Å². The molecule has 0 amide bonds. The summed E-state index contributed by atoms with van der Waals surface area (Å²) in [6.07, 6.45) is 4.98. The number of aromatic carboxylic acids is 1. The summed E-state index contributed by atoms with van der Waals surface area (Å²) < 4.78 is 7.47. The summed E-state index contributed by atoms with van der Waals surface area (Å²) in [6.45, 7) is 0. The topological polar surface area (TPSA) is 64.4 Å². The molecule has 100 valence electrons. The van der Waals surface area contributed by atoms with Crippen LogP contribution in [0.2, 0.25) is 0 Å². The molecule has 1 aliphatic carbocycles. The van der Waals surface area contributed by atoms with Crippen LogP contribution in [0.1, 0.15) is 35.7 Å². The van der Waals surface area contributed by atoms with E-state index in [1.165, 1.54) is 0 Å². The number of carboxylic acids is 1. The van der Waals surface area contributed by atoms with Crippen LogP contribution in [-0.4, -0.2) is 33.8 Å². The SMILES string of the molecule is COC1CCCC1n1cnc2cccc(C(=O)O)c21. The Labute approximate surface area is 110 Å². The number of ether oxygens (including phenoxy) is 1. The van der Waals surface area contributed by atoms with Crippen LogP contribution in [0, 0.1) is 0 Å². The van der Waals surface area contributed by atoms with Crippen molar-refractivity contribution in [3.05, 3.63) is 30.1 Å². The molecular formula is C14H16N2O3. The van der Waals surface area contributed by atoms with Gasteiger partial charge in [0, 0.05) is 7.11 Å². The number of methoxy groups -OCH3 is 1. The molecule has 1 aromatic carbocycles. The van der Waals surface area contributed by atoms with Crippen LogP contribution in [0.5, 0.6) is 0 Å². The number of rotatable bonds is 3. The number of carboxylic acid groups (broad SMARTS) is 1. The van der Waals surface area contributed by atoms with Gasteiger partial charge >= 0.3 is 5.97 Å². The van der Waals surface area contributed by atoms with Crippen LogP contribution in [0.4, 0.5) is 0 Å². The number of hydrogen-bond donors (Lipinski definition) is 1. The first kappa shape index (κ1) is 12.2. The molecule has 1 fully saturated rings. The Hall–Kier alpha value is -1.88. The summed E-state index contributed by atoms with van der Waals surface area (Å²) in [5, 5.41) is 9.32. The lowest BCUT2D eigenvalue weighted by Gasteiger charge is -2.20. The van der Waals surface area contributed by atoms with Gasteiger partial charge in [-0.15, -0.1) is 0 Å². The minimum absolute atomic E-state index is 0.138. The number of fused-ring (bicyclic) bond motifs is 1. The molecule has 5 nitrogen and oxygen atoms in total. The molecule has 0 spiro atoms. The molecule has 5 heteroatoms. The first-order chi connectivity index (χ1) is 9.22. The second kappa shape index (κ2) is 4.66. The zero-order valence-corrected chi connectivity index (χ0v) is 10.7. The van der Waals surface area contributed by atoms with Gasteiger partial charge in [-0.3, -0.25) is 0 Å². The molecule has 1 saturated carbocycles. The molecule has 2 aromatic rings. The third-order valence-corrected chi connectivity index (χ3v) is 3.90. The van der Waals surface area contributed by atoms with Gasteiger partial charge in [0.25, 0.3) is 0 Å². The van der Waals surface area contributed by atoms with E-state index in [2.05, 4.69) is 4.98 Å². The molecule has 1 heterocycles. The Balaban J connectivity index is 2.16. The van der Waals surface area contributed by atoms with Crippen molar-refractivity contribution in [2.24, 2.45) is 0 Å². The smallest absolute Gasteiger partial charge is 0.337 e. The number of nitrogens with zero attached hydrogens (tertiary/aromatic N) is 2. The Morgan fingerprint density at radius 3 is 3.05 bits per heavy atom. The molecule has 1 N–H and O–H groups in total. The van der Waals surface area contributed by atoms with E-state index in [1.54, 1.807) is 25.6 Å². The average molecular weight is 260 g/mol. The van der Waals surface area contributed by atoms with Gasteiger partial charge in [0.2, 0.25) is 0 Å². The highest BCUT2D eigenvalue weighted by molar-refractivity contribution is 6.01. The molecule has 3 rings (SSSR count). The maximum Gasteiger partial charge on any atom is 0.337 e. The molecule has 1 aliphatic rings. The van der Waals surface area contributed by atoms with Gasteiger partial charge in [0.15, 0.2) is 0 Å². The fourth-order valence-corrected chi connectivity index (χ4v) is 3.01. The van der Waals surface area contributed by atoms with Crippen molar-refractivity contribution in [1.82, 2.24) is 9.55 Å². The van der Waals surface area contributed by atoms with E-state index < -0.39 is 5.97 Å². The van der Waals surface area contributed by atoms with E-state index in [1.807, 2.05) is 10.6 Å².